The normalized spacial score (nSPS) is 17.1. The number of nitrogens with zero attached hydrogens (tertiary/aromatic N) is 1. The number of likely N-dealkylation sites (tertiary alicyclic amines) is 1. The Morgan fingerprint density at radius 2 is 2.22 bits per heavy atom. The maximum Gasteiger partial charge on any atom is 0.323 e. The van der Waals surface area contributed by atoms with Crippen LogP contribution in [0, 0.1) is 5.92 Å². The molecule has 6 nitrogen and oxygen atoms in total. The molecular formula is C12H20N4O2. The van der Waals surface area contributed by atoms with Crippen molar-refractivity contribution in [3.63, 3.8) is 0 Å². The van der Waals surface area contributed by atoms with E-state index in [0.29, 0.717) is 11.6 Å². The summed E-state index contributed by atoms with van der Waals surface area (Å²) in [7, 11) is 0. The van der Waals surface area contributed by atoms with Gasteiger partial charge in [-0.05, 0) is 31.8 Å². The zero-order valence-electron chi connectivity index (χ0n) is 10.7. The summed E-state index contributed by atoms with van der Waals surface area (Å²) in [6.45, 7) is 5.65. The molecule has 1 aliphatic heterocycles. The predicted octanol–water partition coefficient (Wildman–Crippen LogP) is 0.165. The lowest BCUT2D eigenvalue weighted by molar-refractivity contribution is 0.0685. The lowest BCUT2D eigenvalue weighted by atomic mass is 9.96. The van der Waals surface area contributed by atoms with Crippen molar-refractivity contribution >= 4 is 5.91 Å². The molecule has 100 valence electrons. The molecule has 0 saturated carbocycles. The van der Waals surface area contributed by atoms with Crippen LogP contribution >= 0.6 is 0 Å². The third-order valence-electron chi connectivity index (χ3n) is 3.41. The number of nitrogens with one attached hydrogen (secondary N) is 3. The fourth-order valence-electron chi connectivity index (χ4n) is 2.31. The second-order valence-corrected chi connectivity index (χ2v) is 4.70. The van der Waals surface area contributed by atoms with Crippen molar-refractivity contribution in [1.29, 1.82) is 0 Å². The van der Waals surface area contributed by atoms with Crippen LogP contribution in [0.15, 0.2) is 11.0 Å². The molecule has 2 rings (SSSR count). The third-order valence-corrected chi connectivity index (χ3v) is 3.41. The van der Waals surface area contributed by atoms with E-state index in [4.69, 9.17) is 0 Å². The largest absolute Gasteiger partial charge is 0.337 e. The van der Waals surface area contributed by atoms with Crippen molar-refractivity contribution in [1.82, 2.24) is 20.2 Å². The van der Waals surface area contributed by atoms with E-state index < -0.39 is 0 Å². The summed E-state index contributed by atoms with van der Waals surface area (Å²) in [5, 5.41) is 3.34. The van der Waals surface area contributed by atoms with Crippen LogP contribution in [0.25, 0.3) is 0 Å². The molecule has 6 heteroatoms. The number of hydrogen-bond acceptors (Lipinski definition) is 3. The van der Waals surface area contributed by atoms with E-state index in [9.17, 15) is 9.59 Å². The number of carbonyl (C=O) groups excluding carboxylic acids is 1. The second-order valence-electron chi connectivity index (χ2n) is 4.70. The number of amides is 1. The van der Waals surface area contributed by atoms with Gasteiger partial charge >= 0.3 is 5.69 Å². The maximum atomic E-state index is 12.1. The first kappa shape index (κ1) is 12.9. The van der Waals surface area contributed by atoms with Crippen molar-refractivity contribution in [2.45, 2.75) is 19.8 Å². The molecule has 0 bridgehead atoms. The Labute approximate surface area is 106 Å². The molecule has 0 atom stereocenters. The van der Waals surface area contributed by atoms with Gasteiger partial charge in [0.05, 0.1) is 0 Å². The zero-order valence-corrected chi connectivity index (χ0v) is 10.7. The van der Waals surface area contributed by atoms with Crippen molar-refractivity contribution in [2.75, 3.05) is 26.2 Å². The highest BCUT2D eigenvalue weighted by molar-refractivity contribution is 5.92. The fourth-order valence-corrected chi connectivity index (χ4v) is 2.31. The fraction of sp³-hybridized carbons (Fsp3) is 0.667. The topological polar surface area (TPSA) is 81.0 Å². The number of aromatic amines is 2. The van der Waals surface area contributed by atoms with Crippen LogP contribution in [0.2, 0.25) is 0 Å². The van der Waals surface area contributed by atoms with Crippen LogP contribution in [-0.2, 0) is 0 Å². The average molecular weight is 252 g/mol. The minimum absolute atomic E-state index is 0.0877. The number of H-pyrrole nitrogens is 2. The summed E-state index contributed by atoms with van der Waals surface area (Å²) >= 11 is 0. The van der Waals surface area contributed by atoms with Gasteiger partial charge in [0, 0.05) is 19.3 Å². The van der Waals surface area contributed by atoms with Gasteiger partial charge in [-0.3, -0.25) is 4.79 Å². The Morgan fingerprint density at radius 1 is 1.50 bits per heavy atom. The Morgan fingerprint density at radius 3 is 2.78 bits per heavy atom. The summed E-state index contributed by atoms with van der Waals surface area (Å²) < 4.78 is 0. The van der Waals surface area contributed by atoms with Gasteiger partial charge in [-0.2, -0.15) is 0 Å². The molecular weight excluding hydrogens is 232 g/mol. The molecule has 2 heterocycles. The predicted molar refractivity (Wildman–Crippen MR) is 68.6 cm³/mol. The summed E-state index contributed by atoms with van der Waals surface area (Å²) in [4.78, 5) is 29.8. The monoisotopic (exact) mass is 252 g/mol. The Hall–Kier alpha value is -1.56. The van der Waals surface area contributed by atoms with Gasteiger partial charge in [-0.1, -0.05) is 6.92 Å². The molecule has 1 aromatic heterocycles. The summed E-state index contributed by atoms with van der Waals surface area (Å²) in [5.41, 5.74) is 0.0190. The molecule has 1 aliphatic rings. The minimum Gasteiger partial charge on any atom is -0.337 e. The Bertz CT molecular complexity index is 443. The molecule has 18 heavy (non-hydrogen) atoms. The molecule has 0 radical (unpaired) electrons. The van der Waals surface area contributed by atoms with Gasteiger partial charge in [-0.15, -0.1) is 0 Å². The maximum absolute atomic E-state index is 12.1. The first-order valence-electron chi connectivity index (χ1n) is 6.48. The number of carbonyl (C=O) groups is 1. The lowest BCUT2D eigenvalue weighted by Crippen LogP contribution is -2.41. The van der Waals surface area contributed by atoms with Crippen LogP contribution in [0.3, 0.4) is 0 Å². The SMILES string of the molecule is CCNCC1CCN(C(=O)c2c[nH]c(=O)[nH]2)CC1. The number of imidazole rings is 1. The molecule has 0 unspecified atom stereocenters. The highest BCUT2D eigenvalue weighted by Crippen LogP contribution is 2.17. The minimum atomic E-state index is -0.333. The van der Waals surface area contributed by atoms with Gasteiger partial charge in [0.1, 0.15) is 5.69 Å². The first-order valence-corrected chi connectivity index (χ1v) is 6.48. The number of aromatic nitrogens is 2. The summed E-state index contributed by atoms with van der Waals surface area (Å²) in [6, 6.07) is 0. The molecule has 1 saturated heterocycles. The standard InChI is InChI=1S/C12H20N4O2/c1-2-13-7-9-3-5-16(6-4-9)11(17)10-8-14-12(18)15-10/h8-9,13H,2-7H2,1H3,(H2,14,15,18). The summed E-state index contributed by atoms with van der Waals surface area (Å²) in [5.74, 6) is 0.564. The van der Waals surface area contributed by atoms with E-state index in [2.05, 4.69) is 22.2 Å². The van der Waals surface area contributed by atoms with E-state index in [1.54, 1.807) is 0 Å². The van der Waals surface area contributed by atoms with Gasteiger partial charge < -0.3 is 20.2 Å². The van der Waals surface area contributed by atoms with Crippen molar-refractivity contribution in [3.05, 3.63) is 22.4 Å². The van der Waals surface area contributed by atoms with Crippen molar-refractivity contribution in [2.24, 2.45) is 5.92 Å². The van der Waals surface area contributed by atoms with Crippen molar-refractivity contribution < 1.29 is 4.79 Å². The van der Waals surface area contributed by atoms with Crippen LogP contribution in [-0.4, -0.2) is 47.0 Å². The molecule has 0 spiro atoms. The quantitative estimate of drug-likeness (QED) is 0.714. The van der Waals surface area contributed by atoms with Gasteiger partial charge in [0.15, 0.2) is 0 Å². The van der Waals surface area contributed by atoms with Crippen molar-refractivity contribution in [3.8, 4) is 0 Å². The highest BCUT2D eigenvalue weighted by Gasteiger charge is 2.24. The first-order chi connectivity index (χ1) is 8.70. The molecule has 0 aliphatic carbocycles. The number of hydrogen-bond donors (Lipinski definition) is 3. The number of piperidine rings is 1. The Kier molecular flexibility index (Phi) is 4.19. The Balaban J connectivity index is 1.86. The van der Waals surface area contributed by atoms with E-state index in [-0.39, 0.29) is 11.6 Å². The molecule has 1 amide bonds. The number of rotatable bonds is 4. The third kappa shape index (κ3) is 3.01. The lowest BCUT2D eigenvalue weighted by Gasteiger charge is -2.31. The van der Waals surface area contributed by atoms with E-state index in [0.717, 1.165) is 39.0 Å². The molecule has 1 aromatic rings. The zero-order chi connectivity index (χ0) is 13.0. The molecule has 0 aromatic carbocycles. The van der Waals surface area contributed by atoms with Crippen LogP contribution in [0.1, 0.15) is 30.3 Å². The van der Waals surface area contributed by atoms with Gasteiger partial charge in [0.25, 0.3) is 5.91 Å². The second kappa shape index (κ2) is 5.86. The van der Waals surface area contributed by atoms with Gasteiger partial charge in [-0.25, -0.2) is 4.79 Å². The van der Waals surface area contributed by atoms with Crippen LogP contribution in [0.4, 0.5) is 0 Å². The van der Waals surface area contributed by atoms with Crippen LogP contribution in [0.5, 0.6) is 0 Å². The molecule has 1 fully saturated rings. The summed E-state index contributed by atoms with van der Waals surface area (Å²) in [6.07, 6.45) is 3.48. The smallest absolute Gasteiger partial charge is 0.323 e. The van der Waals surface area contributed by atoms with Gasteiger partial charge in [0.2, 0.25) is 0 Å². The van der Waals surface area contributed by atoms with E-state index in [1.165, 1.54) is 6.20 Å². The highest BCUT2D eigenvalue weighted by atomic mass is 16.2. The van der Waals surface area contributed by atoms with E-state index in [1.807, 2.05) is 4.90 Å². The van der Waals surface area contributed by atoms with Crippen LogP contribution < -0.4 is 11.0 Å². The van der Waals surface area contributed by atoms with E-state index >= 15 is 0 Å². The molecule has 3 N–H and O–H groups in total. The average Bonchev–Trinajstić information content (AvgIpc) is 2.83.